The van der Waals surface area contributed by atoms with Gasteiger partial charge in [0.05, 0.1) is 45.1 Å². The molecule has 2 aliphatic carbocycles. The minimum absolute atomic E-state index is 0.0454. The monoisotopic (exact) mass is 516 g/mol. The van der Waals surface area contributed by atoms with Gasteiger partial charge in [0.25, 0.3) is 0 Å². The highest BCUT2D eigenvalue weighted by molar-refractivity contribution is 6.43. The summed E-state index contributed by atoms with van der Waals surface area (Å²) < 4.78 is 9.95. The number of ether oxygens (including phenoxy) is 2. The highest BCUT2D eigenvalue weighted by Crippen LogP contribution is 2.52. The van der Waals surface area contributed by atoms with Crippen LogP contribution >= 0.6 is 46.4 Å². The molecule has 2 fully saturated rings. The first-order valence-corrected chi connectivity index (χ1v) is 12.0. The Morgan fingerprint density at radius 2 is 1.12 bits per heavy atom. The topological polar surface area (TPSA) is 52.6 Å². The van der Waals surface area contributed by atoms with Crippen molar-refractivity contribution in [1.29, 1.82) is 0 Å². The zero-order valence-electron chi connectivity index (χ0n) is 17.7. The first-order valence-electron chi connectivity index (χ1n) is 10.5. The Morgan fingerprint density at radius 3 is 1.47 bits per heavy atom. The lowest BCUT2D eigenvalue weighted by Crippen LogP contribution is -2.07. The van der Waals surface area contributed by atoms with Crippen LogP contribution < -0.4 is 0 Å². The predicted molar refractivity (Wildman–Crippen MR) is 128 cm³/mol. The number of hydrogen-bond acceptors (Lipinski definition) is 4. The van der Waals surface area contributed by atoms with Gasteiger partial charge in [-0.25, -0.2) is 0 Å². The van der Waals surface area contributed by atoms with Gasteiger partial charge in [-0.15, -0.1) is 0 Å². The van der Waals surface area contributed by atoms with E-state index in [1.807, 2.05) is 38.1 Å². The Kier molecular flexibility index (Phi) is 8.74. The van der Waals surface area contributed by atoms with Crippen LogP contribution in [0.1, 0.15) is 49.7 Å². The number of halogens is 4. The minimum atomic E-state index is -0.136. The second-order valence-corrected chi connectivity index (χ2v) is 9.26. The number of benzene rings is 2. The van der Waals surface area contributed by atoms with Crippen LogP contribution in [0.15, 0.2) is 36.4 Å². The fourth-order valence-electron chi connectivity index (χ4n) is 3.71. The van der Waals surface area contributed by atoms with Gasteiger partial charge in [-0.05, 0) is 61.8 Å². The van der Waals surface area contributed by atoms with Crippen molar-refractivity contribution >= 4 is 58.3 Å². The normalized spacial score (nSPS) is 22.9. The van der Waals surface area contributed by atoms with Gasteiger partial charge >= 0.3 is 11.9 Å². The number of rotatable bonds is 6. The average Bonchev–Trinajstić information content (AvgIpc) is 3.67. The predicted octanol–water partition coefficient (Wildman–Crippen LogP) is 7.32. The van der Waals surface area contributed by atoms with Crippen molar-refractivity contribution < 1.29 is 19.1 Å². The van der Waals surface area contributed by atoms with Gasteiger partial charge in [-0.2, -0.15) is 0 Å². The number of hydrogen-bond donors (Lipinski definition) is 0. The summed E-state index contributed by atoms with van der Waals surface area (Å²) in [6.45, 7) is 4.46. The van der Waals surface area contributed by atoms with Gasteiger partial charge in [-0.3, -0.25) is 9.59 Å². The first kappa shape index (κ1) is 25.2. The molecule has 4 atom stereocenters. The molecule has 2 aromatic rings. The Bertz CT molecular complexity index is 914. The van der Waals surface area contributed by atoms with E-state index in [0.717, 1.165) is 24.0 Å². The van der Waals surface area contributed by atoms with Crippen molar-refractivity contribution in [3.63, 3.8) is 0 Å². The smallest absolute Gasteiger partial charge is 0.309 e. The van der Waals surface area contributed by atoms with Crippen LogP contribution in [0.3, 0.4) is 0 Å². The molecule has 0 spiro atoms. The van der Waals surface area contributed by atoms with Crippen LogP contribution in [0.5, 0.6) is 0 Å². The molecule has 2 aliphatic rings. The molecule has 4 unspecified atom stereocenters. The van der Waals surface area contributed by atoms with Gasteiger partial charge < -0.3 is 9.47 Å². The fraction of sp³-hybridized carbons (Fsp3) is 0.417. The van der Waals surface area contributed by atoms with E-state index in [1.165, 1.54) is 0 Å². The Morgan fingerprint density at radius 1 is 0.750 bits per heavy atom. The second-order valence-electron chi connectivity index (χ2n) is 7.69. The summed E-state index contributed by atoms with van der Waals surface area (Å²) in [5.74, 6) is -0.0191. The maximum absolute atomic E-state index is 11.5. The maximum atomic E-state index is 11.5. The van der Waals surface area contributed by atoms with Gasteiger partial charge in [0, 0.05) is 0 Å². The van der Waals surface area contributed by atoms with E-state index in [9.17, 15) is 9.59 Å². The molecule has 0 bridgehead atoms. The van der Waals surface area contributed by atoms with Gasteiger partial charge in [0.2, 0.25) is 0 Å². The zero-order chi connectivity index (χ0) is 23.4. The molecule has 4 rings (SSSR count). The molecular weight excluding hydrogens is 494 g/mol. The SMILES string of the molecule is CCOC(=O)C1CC1c1cccc(Cl)c1Cl.CCOC(=O)C1CC1c1cccc(Cl)c1Cl. The van der Waals surface area contributed by atoms with E-state index in [0.29, 0.717) is 33.3 Å². The number of esters is 2. The van der Waals surface area contributed by atoms with Gasteiger partial charge in [-0.1, -0.05) is 70.7 Å². The van der Waals surface area contributed by atoms with Crippen molar-refractivity contribution in [2.75, 3.05) is 13.2 Å². The average molecular weight is 518 g/mol. The third-order valence-electron chi connectivity index (χ3n) is 5.52. The molecule has 4 nitrogen and oxygen atoms in total. The molecule has 0 saturated heterocycles. The largest absolute Gasteiger partial charge is 0.466 e. The molecule has 0 aliphatic heterocycles. The Hall–Kier alpha value is -1.46. The zero-order valence-corrected chi connectivity index (χ0v) is 20.8. The maximum Gasteiger partial charge on any atom is 0.309 e. The van der Waals surface area contributed by atoms with Crippen molar-refractivity contribution in [3.05, 3.63) is 67.6 Å². The van der Waals surface area contributed by atoms with Crippen molar-refractivity contribution in [2.45, 2.75) is 38.5 Å². The summed E-state index contributed by atoms with van der Waals surface area (Å²) in [6.07, 6.45) is 1.61. The van der Waals surface area contributed by atoms with Crippen molar-refractivity contribution in [3.8, 4) is 0 Å². The van der Waals surface area contributed by atoms with E-state index < -0.39 is 0 Å². The summed E-state index contributed by atoms with van der Waals surface area (Å²) in [4.78, 5) is 23.0. The molecule has 2 aromatic carbocycles. The highest BCUT2D eigenvalue weighted by atomic mass is 35.5. The van der Waals surface area contributed by atoms with Crippen molar-refractivity contribution in [2.24, 2.45) is 11.8 Å². The Balaban J connectivity index is 0.000000181. The molecule has 0 amide bonds. The van der Waals surface area contributed by atoms with Crippen LogP contribution in [-0.2, 0) is 19.1 Å². The van der Waals surface area contributed by atoms with Crippen LogP contribution in [0.4, 0.5) is 0 Å². The summed E-state index contributed by atoms with van der Waals surface area (Å²) in [5, 5.41) is 2.18. The number of carbonyl (C=O) groups excluding carboxylic acids is 2. The molecule has 32 heavy (non-hydrogen) atoms. The highest BCUT2D eigenvalue weighted by Gasteiger charge is 2.47. The van der Waals surface area contributed by atoms with Crippen LogP contribution in [0.2, 0.25) is 20.1 Å². The molecule has 0 N–H and O–H groups in total. The van der Waals surface area contributed by atoms with Crippen LogP contribution in [-0.4, -0.2) is 25.2 Å². The molecule has 2 saturated carbocycles. The number of carbonyl (C=O) groups is 2. The van der Waals surface area contributed by atoms with Gasteiger partial charge in [0.1, 0.15) is 0 Å². The second kappa shape index (κ2) is 11.1. The summed E-state index contributed by atoms with van der Waals surface area (Å²) in [6, 6.07) is 11.0. The van der Waals surface area contributed by atoms with E-state index in [-0.39, 0.29) is 35.6 Å². The van der Waals surface area contributed by atoms with E-state index in [1.54, 1.807) is 12.1 Å². The van der Waals surface area contributed by atoms with E-state index in [4.69, 9.17) is 55.9 Å². The molecule has 0 radical (unpaired) electrons. The molecule has 0 heterocycles. The third kappa shape index (κ3) is 5.91. The lowest BCUT2D eigenvalue weighted by molar-refractivity contribution is -0.145. The lowest BCUT2D eigenvalue weighted by atomic mass is 10.1. The fourth-order valence-corrected chi connectivity index (χ4v) is 4.61. The van der Waals surface area contributed by atoms with Crippen molar-refractivity contribution in [1.82, 2.24) is 0 Å². The molecule has 8 heteroatoms. The first-order chi connectivity index (χ1) is 15.3. The standard InChI is InChI=1S/2C12H12Cl2O2/c2*1-2-16-12(15)9-6-8(9)7-4-3-5-10(13)11(7)14/h2*3-5,8-9H,2,6H2,1H3. The quantitative estimate of drug-likeness (QED) is 0.376. The minimum Gasteiger partial charge on any atom is -0.466 e. The Labute approximate surface area is 208 Å². The lowest BCUT2D eigenvalue weighted by Gasteiger charge is -2.05. The van der Waals surface area contributed by atoms with E-state index >= 15 is 0 Å². The summed E-state index contributed by atoms with van der Waals surface area (Å²) in [5.41, 5.74) is 1.90. The van der Waals surface area contributed by atoms with E-state index in [2.05, 4.69) is 0 Å². The van der Waals surface area contributed by atoms with Gasteiger partial charge in [0.15, 0.2) is 0 Å². The molecular formula is C24H24Cl4O4. The molecule has 172 valence electrons. The third-order valence-corrected chi connectivity index (χ3v) is 7.19. The summed E-state index contributed by atoms with van der Waals surface area (Å²) >= 11 is 24.0. The van der Waals surface area contributed by atoms with Crippen LogP contribution in [0, 0.1) is 11.8 Å². The molecule has 0 aromatic heterocycles. The summed E-state index contributed by atoms with van der Waals surface area (Å²) in [7, 11) is 0. The van der Waals surface area contributed by atoms with Crippen LogP contribution in [0.25, 0.3) is 0 Å².